The maximum Gasteiger partial charge on any atom is 0.200 e. The number of rotatable bonds is 2. The fraction of sp³-hybridized carbons (Fsp3) is 0.625. The summed E-state index contributed by atoms with van der Waals surface area (Å²) in [4.78, 5) is 7.31. The molecule has 66 valence electrons. The van der Waals surface area contributed by atoms with Gasteiger partial charge >= 0.3 is 0 Å². The lowest BCUT2D eigenvalue weighted by Gasteiger charge is -2.04. The van der Waals surface area contributed by atoms with Crippen molar-refractivity contribution >= 4 is 0 Å². The molecule has 1 aliphatic rings. The van der Waals surface area contributed by atoms with Gasteiger partial charge in [0.25, 0.3) is 0 Å². The highest BCUT2D eigenvalue weighted by atomic mass is 16.7. The van der Waals surface area contributed by atoms with Gasteiger partial charge in [0, 0.05) is 6.42 Å². The molecule has 0 spiro atoms. The molecule has 2 rings (SSSR count). The molecule has 1 saturated heterocycles. The normalized spacial score (nSPS) is 18.8. The third kappa shape index (κ3) is 1.35. The second-order valence-corrected chi connectivity index (χ2v) is 2.71. The minimum absolute atomic E-state index is 0.224. The van der Waals surface area contributed by atoms with Crippen molar-refractivity contribution in [2.45, 2.75) is 19.6 Å². The van der Waals surface area contributed by atoms with Crippen LogP contribution in [0.3, 0.4) is 0 Å². The van der Waals surface area contributed by atoms with Gasteiger partial charge in [-0.05, 0) is 0 Å². The van der Waals surface area contributed by atoms with E-state index in [1.165, 1.54) is 0 Å². The van der Waals surface area contributed by atoms with Crippen molar-refractivity contribution in [3.05, 3.63) is 17.7 Å². The number of ether oxygens (including phenoxy) is 2. The van der Waals surface area contributed by atoms with Crippen molar-refractivity contribution in [1.82, 2.24) is 9.97 Å². The Morgan fingerprint density at radius 2 is 2.33 bits per heavy atom. The molecule has 0 bridgehead atoms. The number of aromatic amines is 1. The molecule has 1 aromatic heterocycles. The van der Waals surface area contributed by atoms with Gasteiger partial charge in [-0.1, -0.05) is 6.92 Å². The number of aromatic nitrogens is 2. The molecule has 2 heterocycles. The molecule has 4 nitrogen and oxygen atoms in total. The molecule has 1 fully saturated rings. The van der Waals surface area contributed by atoms with Crippen LogP contribution in [0.1, 0.15) is 24.7 Å². The van der Waals surface area contributed by atoms with Crippen LogP contribution in [0.2, 0.25) is 0 Å². The van der Waals surface area contributed by atoms with E-state index in [0.717, 1.165) is 17.9 Å². The Labute approximate surface area is 70.9 Å². The van der Waals surface area contributed by atoms with E-state index in [1.807, 2.05) is 0 Å². The van der Waals surface area contributed by atoms with E-state index in [1.54, 1.807) is 6.20 Å². The summed E-state index contributed by atoms with van der Waals surface area (Å²) < 4.78 is 10.6. The highest BCUT2D eigenvalue weighted by molar-refractivity contribution is 5.03. The van der Waals surface area contributed by atoms with E-state index in [0.29, 0.717) is 13.2 Å². The Bertz CT molecular complexity index is 253. The third-order valence-electron chi connectivity index (χ3n) is 1.86. The van der Waals surface area contributed by atoms with Crippen molar-refractivity contribution < 1.29 is 9.47 Å². The standard InChI is InChI=1S/C8H12N2O2/c1-2-7-9-5-6(10-7)8-11-3-4-12-8/h5,8H,2-4H2,1H3,(H,9,10). The number of nitrogens with one attached hydrogen (secondary N) is 1. The first-order valence-electron chi connectivity index (χ1n) is 4.17. The van der Waals surface area contributed by atoms with Crippen LogP contribution in [-0.2, 0) is 15.9 Å². The van der Waals surface area contributed by atoms with Crippen molar-refractivity contribution in [1.29, 1.82) is 0 Å². The maximum absolute atomic E-state index is 5.30. The van der Waals surface area contributed by atoms with Crippen LogP contribution in [0.25, 0.3) is 0 Å². The Morgan fingerprint density at radius 1 is 1.58 bits per heavy atom. The Morgan fingerprint density at radius 3 is 2.92 bits per heavy atom. The number of aryl methyl sites for hydroxylation is 1. The van der Waals surface area contributed by atoms with Gasteiger partial charge in [0.1, 0.15) is 5.82 Å². The largest absolute Gasteiger partial charge is 0.345 e. The summed E-state index contributed by atoms with van der Waals surface area (Å²) in [5.41, 5.74) is 0.921. The molecule has 0 saturated carbocycles. The van der Waals surface area contributed by atoms with E-state index in [-0.39, 0.29) is 6.29 Å². The highest BCUT2D eigenvalue weighted by Crippen LogP contribution is 2.20. The van der Waals surface area contributed by atoms with E-state index < -0.39 is 0 Å². The lowest BCUT2D eigenvalue weighted by Crippen LogP contribution is -1.98. The molecule has 12 heavy (non-hydrogen) atoms. The summed E-state index contributed by atoms with van der Waals surface area (Å²) in [5, 5.41) is 0. The van der Waals surface area contributed by atoms with Crippen molar-refractivity contribution in [3.63, 3.8) is 0 Å². The number of nitrogens with zero attached hydrogens (tertiary/aromatic N) is 1. The molecule has 0 aliphatic carbocycles. The van der Waals surface area contributed by atoms with E-state index >= 15 is 0 Å². The minimum Gasteiger partial charge on any atom is -0.345 e. The summed E-state index contributed by atoms with van der Waals surface area (Å²) in [6.07, 6.45) is 2.46. The van der Waals surface area contributed by atoms with E-state index in [9.17, 15) is 0 Å². The van der Waals surface area contributed by atoms with Crippen molar-refractivity contribution in [2.75, 3.05) is 13.2 Å². The average molecular weight is 168 g/mol. The summed E-state index contributed by atoms with van der Waals surface area (Å²) in [6.45, 7) is 3.40. The summed E-state index contributed by atoms with van der Waals surface area (Å²) in [6, 6.07) is 0. The van der Waals surface area contributed by atoms with E-state index in [4.69, 9.17) is 9.47 Å². The van der Waals surface area contributed by atoms with Gasteiger partial charge in [-0.3, -0.25) is 0 Å². The number of H-pyrrole nitrogens is 1. The Hall–Kier alpha value is -0.870. The van der Waals surface area contributed by atoms with Crippen LogP contribution in [0.5, 0.6) is 0 Å². The molecule has 4 heteroatoms. The van der Waals surface area contributed by atoms with Gasteiger partial charge in [0.15, 0.2) is 0 Å². The first-order chi connectivity index (χ1) is 5.90. The molecule has 1 aromatic rings. The predicted molar refractivity (Wildman–Crippen MR) is 42.6 cm³/mol. The number of hydrogen-bond donors (Lipinski definition) is 1. The zero-order valence-electron chi connectivity index (χ0n) is 7.04. The maximum atomic E-state index is 5.30. The number of hydrogen-bond acceptors (Lipinski definition) is 3. The van der Waals surface area contributed by atoms with E-state index in [2.05, 4.69) is 16.9 Å². The molecule has 1 N–H and O–H groups in total. The first kappa shape index (κ1) is 7.76. The van der Waals surface area contributed by atoms with Gasteiger partial charge in [-0.15, -0.1) is 0 Å². The highest BCUT2D eigenvalue weighted by Gasteiger charge is 2.19. The minimum atomic E-state index is -0.224. The molecule has 1 aliphatic heterocycles. The van der Waals surface area contributed by atoms with Gasteiger partial charge < -0.3 is 14.5 Å². The summed E-state index contributed by atoms with van der Waals surface area (Å²) >= 11 is 0. The first-order valence-corrected chi connectivity index (χ1v) is 4.17. The fourth-order valence-corrected chi connectivity index (χ4v) is 1.22. The van der Waals surface area contributed by atoms with Gasteiger partial charge in [0.2, 0.25) is 6.29 Å². The monoisotopic (exact) mass is 168 g/mol. The van der Waals surface area contributed by atoms with Crippen LogP contribution < -0.4 is 0 Å². The zero-order chi connectivity index (χ0) is 8.39. The fourth-order valence-electron chi connectivity index (χ4n) is 1.22. The van der Waals surface area contributed by atoms with Crippen molar-refractivity contribution in [3.8, 4) is 0 Å². The molecular weight excluding hydrogens is 156 g/mol. The van der Waals surface area contributed by atoms with Crippen LogP contribution in [0.15, 0.2) is 6.20 Å². The molecule has 0 aromatic carbocycles. The molecule has 0 radical (unpaired) electrons. The molecule has 0 amide bonds. The SMILES string of the molecule is CCc1ncc(C2OCCO2)[nH]1. The number of imidazole rings is 1. The zero-order valence-corrected chi connectivity index (χ0v) is 7.04. The molecule has 0 atom stereocenters. The second kappa shape index (κ2) is 3.25. The van der Waals surface area contributed by atoms with Gasteiger partial charge in [-0.25, -0.2) is 4.98 Å². The summed E-state index contributed by atoms with van der Waals surface area (Å²) in [7, 11) is 0. The lowest BCUT2D eigenvalue weighted by molar-refractivity contribution is -0.0470. The quantitative estimate of drug-likeness (QED) is 0.717. The average Bonchev–Trinajstić information content (AvgIpc) is 2.75. The smallest absolute Gasteiger partial charge is 0.200 e. The van der Waals surface area contributed by atoms with Crippen LogP contribution in [-0.4, -0.2) is 23.2 Å². The van der Waals surface area contributed by atoms with Gasteiger partial charge in [-0.2, -0.15) is 0 Å². The second-order valence-electron chi connectivity index (χ2n) is 2.71. The predicted octanol–water partition coefficient (Wildman–Crippen LogP) is 1.02. The Kier molecular flexibility index (Phi) is 2.10. The topological polar surface area (TPSA) is 47.1 Å². The summed E-state index contributed by atoms with van der Waals surface area (Å²) in [5.74, 6) is 0.976. The molecule has 0 unspecified atom stereocenters. The van der Waals surface area contributed by atoms with Crippen LogP contribution in [0.4, 0.5) is 0 Å². The van der Waals surface area contributed by atoms with Gasteiger partial charge in [0.05, 0.1) is 25.1 Å². The third-order valence-corrected chi connectivity index (χ3v) is 1.86. The molecular formula is C8H12N2O2. The van der Waals surface area contributed by atoms with Crippen molar-refractivity contribution in [2.24, 2.45) is 0 Å². The van der Waals surface area contributed by atoms with Crippen LogP contribution in [0, 0.1) is 0 Å². The Balaban J connectivity index is 2.11. The lowest BCUT2D eigenvalue weighted by atomic mass is 10.4. The van der Waals surface area contributed by atoms with Crippen LogP contribution >= 0.6 is 0 Å².